The summed E-state index contributed by atoms with van der Waals surface area (Å²) >= 11 is 6.41. The highest BCUT2D eigenvalue weighted by Crippen LogP contribution is 2.51. The van der Waals surface area contributed by atoms with E-state index in [-0.39, 0.29) is 29.3 Å². The van der Waals surface area contributed by atoms with Gasteiger partial charge in [-0.15, -0.1) is 0 Å². The molecule has 1 amide bonds. The van der Waals surface area contributed by atoms with Crippen LogP contribution < -0.4 is 14.4 Å². The predicted molar refractivity (Wildman–Crippen MR) is 173 cm³/mol. The number of anilines is 1. The van der Waals surface area contributed by atoms with Gasteiger partial charge in [0.05, 0.1) is 24.2 Å². The summed E-state index contributed by atoms with van der Waals surface area (Å²) in [5.41, 5.74) is 3.01. The summed E-state index contributed by atoms with van der Waals surface area (Å²) in [6, 6.07) is 11.5. The number of aliphatic hydroxyl groups excluding tert-OH is 1. The van der Waals surface area contributed by atoms with E-state index in [2.05, 4.69) is 33.9 Å². The van der Waals surface area contributed by atoms with Crippen molar-refractivity contribution in [2.24, 2.45) is 23.2 Å². The van der Waals surface area contributed by atoms with Crippen LogP contribution in [0.4, 0.5) is 5.69 Å². The Morgan fingerprint density at radius 1 is 1.14 bits per heavy atom. The standard InChI is InChI=1S/C35H43ClN2O5S/c1-23-4-2-13-34(21-39)15-12-27(34)19-38-20-35(14-3-5-25-17-28(36)9-10-29(25)35)22-43-31-11-8-26(18-30(31)38)33(40)37-44(41,42)32(23)16-24-6-7-24/h2,8-11,13,17-18,23-24,27,32,39H,3-7,12,14-16,19-22H2,1H3,(H,37,40)/b13-2-/t23-,27-,32+,34+,35-/m0/s1. The molecule has 5 atom stereocenters. The second kappa shape index (κ2) is 11.4. The van der Waals surface area contributed by atoms with Crippen LogP contribution in [-0.4, -0.2) is 51.0 Å². The van der Waals surface area contributed by atoms with Gasteiger partial charge in [-0.2, -0.15) is 0 Å². The molecule has 7 rings (SSSR count). The number of nitrogens with one attached hydrogen (secondary N) is 1. The van der Waals surface area contributed by atoms with Crippen LogP contribution in [0.3, 0.4) is 0 Å². The van der Waals surface area contributed by atoms with Crippen molar-refractivity contribution in [1.29, 1.82) is 0 Å². The molecule has 0 aromatic heterocycles. The number of halogens is 1. The van der Waals surface area contributed by atoms with Gasteiger partial charge in [-0.25, -0.2) is 13.1 Å². The molecule has 2 aliphatic heterocycles. The molecule has 2 saturated carbocycles. The van der Waals surface area contributed by atoms with Crippen molar-refractivity contribution in [2.45, 2.75) is 75.4 Å². The zero-order chi connectivity index (χ0) is 30.7. The van der Waals surface area contributed by atoms with E-state index in [1.807, 2.05) is 19.1 Å². The van der Waals surface area contributed by atoms with Crippen LogP contribution in [0.1, 0.15) is 79.8 Å². The molecule has 44 heavy (non-hydrogen) atoms. The van der Waals surface area contributed by atoms with E-state index in [1.165, 1.54) is 11.1 Å². The van der Waals surface area contributed by atoms with E-state index < -0.39 is 21.2 Å². The molecule has 2 aromatic carbocycles. The van der Waals surface area contributed by atoms with Gasteiger partial charge in [-0.05, 0) is 104 Å². The van der Waals surface area contributed by atoms with Crippen molar-refractivity contribution < 1.29 is 23.1 Å². The first kappa shape index (κ1) is 30.1. The molecule has 0 saturated heterocycles. The van der Waals surface area contributed by atoms with Gasteiger partial charge in [-0.1, -0.05) is 49.6 Å². The zero-order valence-corrected chi connectivity index (χ0v) is 27.0. The molecule has 2 heterocycles. The maximum Gasteiger partial charge on any atom is 0.264 e. The molecule has 0 unspecified atom stereocenters. The Morgan fingerprint density at radius 2 is 1.98 bits per heavy atom. The summed E-state index contributed by atoms with van der Waals surface area (Å²) in [6.07, 6.45) is 12.3. The van der Waals surface area contributed by atoms with Crippen molar-refractivity contribution in [3.8, 4) is 5.75 Å². The first-order chi connectivity index (χ1) is 21.1. The molecule has 2 fully saturated rings. The number of allylic oxidation sites excluding steroid dienone is 1. The fraction of sp³-hybridized carbons (Fsp3) is 0.571. The maximum atomic E-state index is 13.7. The van der Waals surface area contributed by atoms with Gasteiger partial charge in [0.15, 0.2) is 0 Å². The third-order valence-electron chi connectivity index (χ3n) is 11.3. The predicted octanol–water partition coefficient (Wildman–Crippen LogP) is 6.03. The van der Waals surface area contributed by atoms with Gasteiger partial charge < -0.3 is 14.7 Å². The summed E-state index contributed by atoms with van der Waals surface area (Å²) < 4.78 is 36.5. The maximum absolute atomic E-state index is 13.7. The van der Waals surface area contributed by atoms with Crippen molar-refractivity contribution in [1.82, 2.24) is 4.72 Å². The molecule has 2 N–H and O–H groups in total. The molecule has 9 heteroatoms. The van der Waals surface area contributed by atoms with Crippen LogP contribution in [0.15, 0.2) is 48.6 Å². The summed E-state index contributed by atoms with van der Waals surface area (Å²) in [7, 11) is -3.92. The zero-order valence-electron chi connectivity index (χ0n) is 25.4. The van der Waals surface area contributed by atoms with Crippen LogP contribution in [0.5, 0.6) is 5.75 Å². The normalized spacial score (nSPS) is 33.8. The third kappa shape index (κ3) is 5.45. The number of nitrogens with zero attached hydrogens (tertiary/aromatic N) is 1. The second-order valence-electron chi connectivity index (χ2n) is 14.2. The molecule has 1 spiro atoms. The molecular formula is C35H43ClN2O5S. The van der Waals surface area contributed by atoms with E-state index in [1.54, 1.807) is 12.1 Å². The number of sulfonamides is 1. The van der Waals surface area contributed by atoms with Gasteiger partial charge in [0, 0.05) is 34.5 Å². The Labute approximate surface area is 266 Å². The average molecular weight is 639 g/mol. The minimum absolute atomic E-state index is 0.0517. The minimum Gasteiger partial charge on any atom is -0.490 e. The Hall–Kier alpha value is -2.55. The highest BCUT2D eigenvalue weighted by atomic mass is 35.5. The average Bonchev–Trinajstić information content (AvgIpc) is 3.83. The SMILES string of the molecule is C[C@H]1C/C=C\[C@]2(CO)CC[C@H]2CN2C[C@@]3(CCCc4cc(Cl)ccc43)COc3ccc(cc32)C(=O)NS(=O)(=O)[C@@H]1CC1CC1. The molecule has 3 aliphatic carbocycles. The summed E-state index contributed by atoms with van der Waals surface area (Å²) in [6.45, 7) is 3.92. The Kier molecular flexibility index (Phi) is 7.78. The van der Waals surface area contributed by atoms with Crippen molar-refractivity contribution in [3.05, 3.63) is 70.3 Å². The van der Waals surface area contributed by atoms with Crippen molar-refractivity contribution in [2.75, 3.05) is 31.2 Å². The number of benzene rings is 2. The number of aliphatic hydroxyl groups is 1. The lowest BCUT2D eigenvalue weighted by molar-refractivity contribution is 0.0213. The number of hydrogen-bond donors (Lipinski definition) is 2. The molecule has 7 nitrogen and oxygen atoms in total. The first-order valence-electron chi connectivity index (χ1n) is 16.3. The topological polar surface area (TPSA) is 95.9 Å². The summed E-state index contributed by atoms with van der Waals surface area (Å²) in [4.78, 5) is 15.9. The minimum atomic E-state index is -3.92. The molecule has 2 bridgehead atoms. The lowest BCUT2D eigenvalue weighted by atomic mass is 9.59. The van der Waals surface area contributed by atoms with Gasteiger partial charge >= 0.3 is 0 Å². The number of rotatable bonds is 3. The molecule has 0 radical (unpaired) electrons. The number of carbonyl (C=O) groups excluding carboxylic acids is 1. The largest absolute Gasteiger partial charge is 0.490 e. The number of ether oxygens (including phenoxy) is 1. The lowest BCUT2D eigenvalue weighted by Gasteiger charge is -2.50. The number of aryl methyl sites for hydroxylation is 1. The van der Waals surface area contributed by atoms with Crippen LogP contribution in [0, 0.1) is 23.2 Å². The smallest absolute Gasteiger partial charge is 0.264 e. The molecule has 2 aromatic rings. The monoisotopic (exact) mass is 638 g/mol. The number of amides is 1. The van der Waals surface area contributed by atoms with Gasteiger partial charge in [-0.3, -0.25) is 4.79 Å². The van der Waals surface area contributed by atoms with E-state index in [9.17, 15) is 18.3 Å². The molecule has 236 valence electrons. The summed E-state index contributed by atoms with van der Waals surface area (Å²) in [5, 5.41) is 10.8. The lowest BCUT2D eigenvalue weighted by Crippen LogP contribution is -2.51. The Morgan fingerprint density at radius 3 is 2.73 bits per heavy atom. The fourth-order valence-corrected chi connectivity index (χ4v) is 10.2. The van der Waals surface area contributed by atoms with Gasteiger partial charge in [0.2, 0.25) is 10.0 Å². The quantitative estimate of drug-likeness (QED) is 0.399. The summed E-state index contributed by atoms with van der Waals surface area (Å²) in [5.74, 6) is 0.535. The van der Waals surface area contributed by atoms with E-state index >= 15 is 0 Å². The number of carbonyl (C=O) groups is 1. The fourth-order valence-electron chi connectivity index (χ4n) is 8.27. The highest BCUT2D eigenvalue weighted by molar-refractivity contribution is 7.90. The Bertz CT molecular complexity index is 1590. The van der Waals surface area contributed by atoms with Gasteiger partial charge in [0.25, 0.3) is 5.91 Å². The van der Waals surface area contributed by atoms with E-state index in [0.717, 1.165) is 55.7 Å². The van der Waals surface area contributed by atoms with E-state index in [0.29, 0.717) is 49.8 Å². The van der Waals surface area contributed by atoms with Crippen molar-refractivity contribution in [3.63, 3.8) is 0 Å². The van der Waals surface area contributed by atoms with Crippen LogP contribution in [0.2, 0.25) is 5.02 Å². The van der Waals surface area contributed by atoms with Gasteiger partial charge in [0.1, 0.15) is 5.75 Å². The first-order valence-corrected chi connectivity index (χ1v) is 18.2. The third-order valence-corrected chi connectivity index (χ3v) is 13.5. The molecular weight excluding hydrogens is 596 g/mol. The molecule has 5 aliphatic rings. The van der Waals surface area contributed by atoms with Crippen LogP contribution in [-0.2, 0) is 21.9 Å². The van der Waals surface area contributed by atoms with Crippen LogP contribution in [0.25, 0.3) is 0 Å². The van der Waals surface area contributed by atoms with Crippen molar-refractivity contribution >= 4 is 33.2 Å². The highest BCUT2D eigenvalue weighted by Gasteiger charge is 2.48. The number of fused-ring (bicyclic) bond motifs is 4. The van der Waals surface area contributed by atoms with Crippen LogP contribution >= 0.6 is 11.6 Å². The second-order valence-corrected chi connectivity index (χ2v) is 16.6. The van der Waals surface area contributed by atoms with E-state index in [4.69, 9.17) is 16.3 Å². The Balaban J connectivity index is 1.31. The number of hydrogen-bond acceptors (Lipinski definition) is 6.